The molecule has 0 N–H and O–H groups in total. The van der Waals surface area contributed by atoms with Crippen molar-refractivity contribution >= 4 is 23.5 Å². The maximum absolute atomic E-state index is 2.18. The number of hydrogen-bond acceptors (Lipinski definition) is 2. The summed E-state index contributed by atoms with van der Waals surface area (Å²) >= 11 is 3.90. The summed E-state index contributed by atoms with van der Waals surface area (Å²) in [4.78, 5) is 2.79. The summed E-state index contributed by atoms with van der Waals surface area (Å²) in [5.41, 5.74) is 0. The van der Waals surface area contributed by atoms with Crippen LogP contribution in [-0.2, 0) is 17.1 Å². The molecule has 92 valence electrons. The topological polar surface area (TPSA) is 0 Å². The second kappa shape index (κ2) is 8.08. The molecule has 0 aliphatic rings. The Kier molecular flexibility index (Phi) is 7.06. The van der Waals surface area contributed by atoms with Gasteiger partial charge in [-0.2, -0.15) is 23.9 Å². The van der Waals surface area contributed by atoms with Gasteiger partial charge in [0.25, 0.3) is 0 Å². The summed E-state index contributed by atoms with van der Waals surface area (Å²) in [5, 5.41) is 0. The van der Waals surface area contributed by atoms with Gasteiger partial charge in [-0.25, -0.2) is 12.1 Å². The summed E-state index contributed by atoms with van der Waals surface area (Å²) in [7, 11) is 0. The van der Waals surface area contributed by atoms with Crippen LogP contribution in [0.2, 0.25) is 0 Å². The largest absolute Gasteiger partial charge is 0.747 e. The van der Waals surface area contributed by atoms with Gasteiger partial charge in [-0.1, -0.05) is 0 Å². The van der Waals surface area contributed by atoms with Gasteiger partial charge in [0.1, 0.15) is 0 Å². The third-order valence-electron chi connectivity index (χ3n) is 2.09. The van der Waals surface area contributed by atoms with E-state index in [1.807, 2.05) is 23.5 Å². The van der Waals surface area contributed by atoms with Gasteiger partial charge in [-0.15, -0.1) is 4.90 Å². The van der Waals surface area contributed by atoms with Crippen LogP contribution < -0.4 is 0 Å². The van der Waals surface area contributed by atoms with Gasteiger partial charge in [-0.05, 0) is 17.9 Å². The van der Waals surface area contributed by atoms with Crippen molar-refractivity contribution in [3.63, 3.8) is 0 Å². The third-order valence-corrected chi connectivity index (χ3v) is 4.29. The zero-order valence-corrected chi connectivity index (χ0v) is 11.6. The van der Waals surface area contributed by atoms with E-state index in [0.717, 1.165) is 0 Å². The fourth-order valence-electron chi connectivity index (χ4n) is 1.34. The molecular formula is C13H14FeS2-6. The monoisotopic (exact) mass is 290 g/mol. The molecule has 0 aromatic heterocycles. The van der Waals surface area contributed by atoms with E-state index in [0.29, 0.717) is 0 Å². The Morgan fingerprint density at radius 3 is 2.25 bits per heavy atom. The van der Waals surface area contributed by atoms with Crippen LogP contribution in [-0.4, -0.2) is 11.5 Å². The van der Waals surface area contributed by atoms with Gasteiger partial charge >= 0.3 is 0 Å². The first-order chi connectivity index (χ1) is 7.45. The minimum absolute atomic E-state index is 0. The minimum atomic E-state index is 0. The number of thioether (sulfide) groups is 2. The van der Waals surface area contributed by atoms with E-state index < -0.39 is 0 Å². The van der Waals surface area contributed by atoms with Crippen molar-refractivity contribution in [3.8, 4) is 0 Å². The second-order valence-electron chi connectivity index (χ2n) is 3.29. The predicted molar refractivity (Wildman–Crippen MR) is 70.1 cm³/mol. The maximum Gasteiger partial charge on any atom is 0 e. The van der Waals surface area contributed by atoms with Crippen LogP contribution >= 0.6 is 23.5 Å². The molecule has 2 aromatic carbocycles. The molecule has 0 amide bonds. The molecule has 0 bridgehead atoms. The molecule has 0 radical (unpaired) electrons. The van der Waals surface area contributed by atoms with Crippen LogP contribution in [0.25, 0.3) is 0 Å². The molecule has 0 spiro atoms. The zero-order valence-electron chi connectivity index (χ0n) is 8.91. The fraction of sp³-hybridized carbons (Fsp3) is 0.231. The summed E-state index contributed by atoms with van der Waals surface area (Å²) < 4.78 is 0. The summed E-state index contributed by atoms with van der Waals surface area (Å²) in [6.45, 7) is 0. The van der Waals surface area contributed by atoms with Crippen LogP contribution in [0.1, 0.15) is 6.42 Å². The van der Waals surface area contributed by atoms with E-state index in [1.165, 1.54) is 27.7 Å². The average molecular weight is 290 g/mol. The standard InChI is InChI=1S/C13H14S2.Fe/c1-2-7-12(6-1)14-10-5-11-15-13-8-3-4-9-13;/h1-4,6-9H,5,10-11H2;/q-6;. The molecule has 16 heavy (non-hydrogen) atoms. The Morgan fingerprint density at radius 1 is 0.938 bits per heavy atom. The fourth-order valence-corrected chi connectivity index (χ4v) is 3.27. The van der Waals surface area contributed by atoms with Crippen molar-refractivity contribution in [2.45, 2.75) is 16.2 Å². The molecule has 0 nitrogen and oxygen atoms in total. The Bertz CT molecular complexity index is 315. The van der Waals surface area contributed by atoms with E-state index in [9.17, 15) is 0 Å². The summed E-state index contributed by atoms with van der Waals surface area (Å²) in [5.74, 6) is 2.44. The smallest absolute Gasteiger partial charge is 0 e. The van der Waals surface area contributed by atoms with Crippen LogP contribution in [0.4, 0.5) is 0 Å². The second-order valence-corrected chi connectivity index (χ2v) is 5.63. The van der Waals surface area contributed by atoms with Crippen molar-refractivity contribution in [3.05, 3.63) is 48.5 Å². The minimum Gasteiger partial charge on any atom is -0.747 e. The third kappa shape index (κ3) is 4.84. The van der Waals surface area contributed by atoms with Crippen molar-refractivity contribution in [1.29, 1.82) is 0 Å². The maximum atomic E-state index is 2.18. The van der Waals surface area contributed by atoms with Crippen molar-refractivity contribution in [1.82, 2.24) is 0 Å². The van der Waals surface area contributed by atoms with Gasteiger partial charge in [-0.3, -0.25) is 0 Å². The van der Waals surface area contributed by atoms with Gasteiger partial charge in [0, 0.05) is 17.1 Å². The molecule has 0 saturated heterocycles. The predicted octanol–water partition coefficient (Wildman–Crippen LogP) is 4.40. The Labute approximate surface area is 116 Å². The van der Waals surface area contributed by atoms with E-state index in [4.69, 9.17) is 0 Å². The van der Waals surface area contributed by atoms with Crippen molar-refractivity contribution < 1.29 is 17.1 Å². The molecule has 0 saturated carbocycles. The van der Waals surface area contributed by atoms with Gasteiger partial charge < -0.3 is 40.9 Å². The molecule has 0 atom stereocenters. The van der Waals surface area contributed by atoms with Crippen LogP contribution in [0.3, 0.4) is 0 Å². The Morgan fingerprint density at radius 2 is 1.56 bits per heavy atom. The molecule has 3 heteroatoms. The molecule has 2 aromatic rings. The van der Waals surface area contributed by atoms with Gasteiger partial charge in [0.2, 0.25) is 0 Å². The first-order valence-electron chi connectivity index (χ1n) is 5.14. The molecule has 2 rings (SSSR count). The molecular weight excluding hydrogens is 276 g/mol. The van der Waals surface area contributed by atoms with Crippen LogP contribution in [0, 0.1) is 0 Å². The summed E-state index contributed by atoms with van der Waals surface area (Å²) in [6, 6.07) is 17.1. The van der Waals surface area contributed by atoms with Gasteiger partial charge in [0.15, 0.2) is 0 Å². The SMILES string of the molecule is [Fe].c1cc[c-](SCCCS[c-]2[cH-][cH-][cH-][cH-]2)c1. The van der Waals surface area contributed by atoms with Crippen molar-refractivity contribution in [2.24, 2.45) is 0 Å². The molecule has 0 aliphatic carbocycles. The Hall–Kier alpha value is -0.0805. The zero-order chi connectivity index (χ0) is 10.3. The number of hydrogen-bond donors (Lipinski definition) is 0. The van der Waals surface area contributed by atoms with Crippen LogP contribution in [0.5, 0.6) is 0 Å². The van der Waals surface area contributed by atoms with Gasteiger partial charge in [0.05, 0.1) is 0 Å². The van der Waals surface area contributed by atoms with Crippen LogP contribution in [0.15, 0.2) is 58.3 Å². The van der Waals surface area contributed by atoms with E-state index >= 15 is 0 Å². The molecule has 0 unspecified atom stereocenters. The quantitative estimate of drug-likeness (QED) is 0.335. The normalized spacial score (nSPS) is 10.0. The van der Waals surface area contributed by atoms with E-state index in [1.54, 1.807) is 0 Å². The number of rotatable bonds is 6. The van der Waals surface area contributed by atoms with Crippen molar-refractivity contribution in [2.75, 3.05) is 11.5 Å². The summed E-state index contributed by atoms with van der Waals surface area (Å²) in [6.07, 6.45) is 1.27. The molecule has 0 fully saturated rings. The molecule has 0 aliphatic heterocycles. The van der Waals surface area contributed by atoms with E-state index in [2.05, 4.69) is 48.5 Å². The first kappa shape index (κ1) is 14.0. The first-order valence-corrected chi connectivity index (χ1v) is 7.11. The Balaban J connectivity index is 0.00000128. The van der Waals surface area contributed by atoms with E-state index in [-0.39, 0.29) is 17.1 Å². The molecule has 0 heterocycles. The average Bonchev–Trinajstić information content (AvgIpc) is 2.88.